The minimum Gasteiger partial charge on any atom is -0.294 e. The van der Waals surface area contributed by atoms with Gasteiger partial charge in [0.05, 0.1) is 0 Å². The standard InChI is InChI=1S/C14H13NOS/c1-10-3-6-13(7-4-10)17-14-8-5-12(9-15-14)11(2)16/h3-9H,1-2H3. The highest BCUT2D eigenvalue weighted by Crippen LogP contribution is 2.25. The van der Waals surface area contributed by atoms with Crippen molar-refractivity contribution in [1.82, 2.24) is 4.98 Å². The summed E-state index contributed by atoms with van der Waals surface area (Å²) >= 11 is 1.59. The average Bonchev–Trinajstić information content (AvgIpc) is 2.33. The van der Waals surface area contributed by atoms with Crippen molar-refractivity contribution in [3.05, 3.63) is 53.7 Å². The second-order valence-corrected chi connectivity index (χ2v) is 4.95. The van der Waals surface area contributed by atoms with Crippen LogP contribution < -0.4 is 0 Å². The van der Waals surface area contributed by atoms with Crippen LogP contribution in [0, 0.1) is 6.92 Å². The molecule has 1 aromatic heterocycles. The molecule has 0 saturated heterocycles. The second-order valence-electron chi connectivity index (χ2n) is 3.86. The molecule has 0 aliphatic heterocycles. The number of Topliss-reactive ketones (excluding diaryl/α,β-unsaturated/α-hetero) is 1. The fourth-order valence-electron chi connectivity index (χ4n) is 1.38. The van der Waals surface area contributed by atoms with E-state index < -0.39 is 0 Å². The molecule has 0 aliphatic carbocycles. The Morgan fingerprint density at radius 1 is 1.12 bits per heavy atom. The first-order valence-electron chi connectivity index (χ1n) is 5.36. The molecule has 0 N–H and O–H groups in total. The van der Waals surface area contributed by atoms with Gasteiger partial charge in [-0.25, -0.2) is 4.98 Å². The Bertz CT molecular complexity index is 517. The first kappa shape index (κ1) is 11.9. The van der Waals surface area contributed by atoms with Crippen molar-refractivity contribution < 1.29 is 4.79 Å². The molecule has 3 heteroatoms. The number of hydrogen-bond donors (Lipinski definition) is 0. The van der Waals surface area contributed by atoms with Gasteiger partial charge in [0.2, 0.25) is 0 Å². The third-order valence-electron chi connectivity index (χ3n) is 2.39. The van der Waals surface area contributed by atoms with E-state index in [0.29, 0.717) is 5.56 Å². The van der Waals surface area contributed by atoms with Crippen LogP contribution in [0.25, 0.3) is 0 Å². The summed E-state index contributed by atoms with van der Waals surface area (Å²) in [5.41, 5.74) is 1.90. The molecule has 86 valence electrons. The molecule has 1 heterocycles. The molecule has 0 aliphatic rings. The number of ketones is 1. The lowest BCUT2D eigenvalue weighted by Gasteiger charge is -2.02. The highest BCUT2D eigenvalue weighted by Gasteiger charge is 2.01. The molecule has 0 bridgehead atoms. The zero-order valence-corrected chi connectivity index (χ0v) is 10.6. The molecule has 0 amide bonds. The smallest absolute Gasteiger partial charge is 0.161 e. The van der Waals surface area contributed by atoms with Crippen molar-refractivity contribution in [2.75, 3.05) is 0 Å². The third kappa shape index (κ3) is 3.17. The Kier molecular flexibility index (Phi) is 3.59. The molecule has 0 fully saturated rings. The van der Waals surface area contributed by atoms with E-state index in [1.54, 1.807) is 24.9 Å². The van der Waals surface area contributed by atoms with Crippen LogP contribution in [0.4, 0.5) is 0 Å². The van der Waals surface area contributed by atoms with Crippen LogP contribution in [0.3, 0.4) is 0 Å². The largest absolute Gasteiger partial charge is 0.294 e. The number of rotatable bonds is 3. The van der Waals surface area contributed by atoms with Gasteiger partial charge in [-0.15, -0.1) is 0 Å². The van der Waals surface area contributed by atoms with Gasteiger partial charge in [0.15, 0.2) is 5.78 Å². The van der Waals surface area contributed by atoms with E-state index in [4.69, 9.17) is 0 Å². The number of carbonyl (C=O) groups is 1. The van der Waals surface area contributed by atoms with Gasteiger partial charge in [-0.2, -0.15) is 0 Å². The molecular weight excluding hydrogens is 230 g/mol. The maximum Gasteiger partial charge on any atom is 0.161 e. The predicted octanol–water partition coefficient (Wildman–Crippen LogP) is 3.74. The zero-order chi connectivity index (χ0) is 12.3. The van der Waals surface area contributed by atoms with E-state index >= 15 is 0 Å². The van der Waals surface area contributed by atoms with Gasteiger partial charge in [-0.3, -0.25) is 4.79 Å². The molecule has 2 rings (SSSR count). The number of pyridine rings is 1. The van der Waals surface area contributed by atoms with Crippen molar-refractivity contribution in [2.24, 2.45) is 0 Å². The number of nitrogens with zero attached hydrogens (tertiary/aromatic N) is 1. The highest BCUT2D eigenvalue weighted by molar-refractivity contribution is 7.99. The van der Waals surface area contributed by atoms with Crippen LogP contribution in [0.1, 0.15) is 22.8 Å². The first-order valence-corrected chi connectivity index (χ1v) is 6.18. The molecule has 0 unspecified atom stereocenters. The molecule has 1 aromatic carbocycles. The quantitative estimate of drug-likeness (QED) is 0.769. The Labute approximate surface area is 105 Å². The monoisotopic (exact) mass is 243 g/mol. The van der Waals surface area contributed by atoms with Crippen molar-refractivity contribution in [1.29, 1.82) is 0 Å². The second kappa shape index (κ2) is 5.15. The molecular formula is C14H13NOS. The third-order valence-corrected chi connectivity index (χ3v) is 3.34. The Morgan fingerprint density at radius 2 is 1.82 bits per heavy atom. The lowest BCUT2D eigenvalue weighted by Crippen LogP contribution is -1.92. The maximum atomic E-state index is 11.1. The minimum atomic E-state index is 0.0457. The fourth-order valence-corrected chi connectivity index (χ4v) is 2.13. The van der Waals surface area contributed by atoms with Gasteiger partial charge in [0.1, 0.15) is 5.03 Å². The van der Waals surface area contributed by atoms with Crippen LogP contribution in [0.5, 0.6) is 0 Å². The molecule has 0 radical (unpaired) electrons. The summed E-state index contributed by atoms with van der Waals surface area (Å²) in [5.74, 6) is 0.0457. The molecule has 0 spiro atoms. The SMILES string of the molecule is CC(=O)c1ccc(Sc2ccc(C)cc2)nc1. The number of aryl methyl sites for hydroxylation is 1. The molecule has 2 nitrogen and oxygen atoms in total. The summed E-state index contributed by atoms with van der Waals surface area (Å²) in [4.78, 5) is 16.5. The van der Waals surface area contributed by atoms with Crippen molar-refractivity contribution >= 4 is 17.5 Å². The van der Waals surface area contributed by atoms with Crippen LogP contribution in [-0.2, 0) is 0 Å². The molecule has 0 saturated carbocycles. The van der Waals surface area contributed by atoms with E-state index in [9.17, 15) is 4.79 Å². The maximum absolute atomic E-state index is 11.1. The molecule has 17 heavy (non-hydrogen) atoms. The summed E-state index contributed by atoms with van der Waals surface area (Å²) < 4.78 is 0. The van der Waals surface area contributed by atoms with Gasteiger partial charge in [0.25, 0.3) is 0 Å². The normalized spacial score (nSPS) is 10.2. The summed E-state index contributed by atoms with van der Waals surface area (Å²) in [6.45, 7) is 3.61. The Morgan fingerprint density at radius 3 is 2.35 bits per heavy atom. The van der Waals surface area contributed by atoms with E-state index in [1.165, 1.54) is 5.56 Å². The zero-order valence-electron chi connectivity index (χ0n) is 9.81. The minimum absolute atomic E-state index is 0.0457. The van der Waals surface area contributed by atoms with Gasteiger partial charge in [0, 0.05) is 16.7 Å². The number of aromatic nitrogens is 1. The topological polar surface area (TPSA) is 30.0 Å². The molecule has 0 atom stereocenters. The van der Waals surface area contributed by atoms with Crippen LogP contribution >= 0.6 is 11.8 Å². The van der Waals surface area contributed by atoms with Gasteiger partial charge >= 0.3 is 0 Å². The van der Waals surface area contributed by atoms with E-state index in [-0.39, 0.29) is 5.78 Å². The van der Waals surface area contributed by atoms with Crippen molar-refractivity contribution in [3.63, 3.8) is 0 Å². The molecule has 2 aromatic rings. The van der Waals surface area contributed by atoms with Crippen molar-refractivity contribution in [3.8, 4) is 0 Å². The van der Waals surface area contributed by atoms with Gasteiger partial charge in [-0.1, -0.05) is 29.5 Å². The van der Waals surface area contributed by atoms with E-state index in [2.05, 4.69) is 36.2 Å². The number of carbonyl (C=O) groups excluding carboxylic acids is 1. The summed E-state index contributed by atoms with van der Waals surface area (Å²) in [7, 11) is 0. The first-order chi connectivity index (χ1) is 8.15. The van der Waals surface area contributed by atoms with Crippen LogP contribution in [0.2, 0.25) is 0 Å². The Balaban J connectivity index is 2.13. The average molecular weight is 243 g/mol. The summed E-state index contributed by atoms with van der Waals surface area (Å²) in [5, 5.41) is 0.902. The van der Waals surface area contributed by atoms with Crippen LogP contribution in [0.15, 0.2) is 52.5 Å². The number of benzene rings is 1. The van der Waals surface area contributed by atoms with E-state index in [0.717, 1.165) is 9.92 Å². The fraction of sp³-hybridized carbons (Fsp3) is 0.143. The predicted molar refractivity (Wildman–Crippen MR) is 69.5 cm³/mol. The van der Waals surface area contributed by atoms with Crippen LogP contribution in [-0.4, -0.2) is 10.8 Å². The summed E-state index contributed by atoms with van der Waals surface area (Å²) in [6, 6.07) is 12.0. The van der Waals surface area contributed by atoms with Gasteiger partial charge < -0.3 is 0 Å². The van der Waals surface area contributed by atoms with Gasteiger partial charge in [-0.05, 0) is 38.1 Å². The summed E-state index contributed by atoms with van der Waals surface area (Å²) in [6.07, 6.45) is 1.62. The lowest BCUT2D eigenvalue weighted by molar-refractivity contribution is 0.101. The van der Waals surface area contributed by atoms with E-state index in [1.807, 2.05) is 12.1 Å². The highest BCUT2D eigenvalue weighted by atomic mass is 32.2. The number of hydrogen-bond acceptors (Lipinski definition) is 3. The lowest BCUT2D eigenvalue weighted by atomic mass is 10.2. The Hall–Kier alpha value is -1.61. The van der Waals surface area contributed by atoms with Crippen molar-refractivity contribution in [2.45, 2.75) is 23.8 Å².